The zero-order chi connectivity index (χ0) is 76.8. The van der Waals surface area contributed by atoms with E-state index in [1.165, 1.54) is 35.7 Å². The van der Waals surface area contributed by atoms with Crippen LogP contribution in [0.1, 0.15) is 146 Å². The van der Waals surface area contributed by atoms with Gasteiger partial charge in [0.2, 0.25) is 0 Å². The van der Waals surface area contributed by atoms with Gasteiger partial charge < -0.3 is 89.0 Å². The van der Waals surface area contributed by atoms with E-state index in [-0.39, 0.29) is 243 Å². The van der Waals surface area contributed by atoms with E-state index < -0.39 is 182 Å². The average molecular weight is 2400 g/mol. The van der Waals surface area contributed by atoms with Crippen LogP contribution in [0, 0.1) is 210 Å². The van der Waals surface area contributed by atoms with Crippen molar-refractivity contribution in [3.05, 3.63) is 163 Å². The van der Waals surface area contributed by atoms with Gasteiger partial charge in [-0.1, -0.05) is 102 Å². The van der Waals surface area contributed by atoms with Gasteiger partial charge in [-0.15, -0.1) is 0 Å². The van der Waals surface area contributed by atoms with E-state index in [0.717, 1.165) is 6.92 Å². The van der Waals surface area contributed by atoms with Crippen LogP contribution < -0.4 is 14.4 Å². The standard InChI is InChI=1S/C41H48NO11S.C35H42O11S.C2H4O2.4Ac/c1-22(24-12-8-7-9-13-24)31(43)37(47)51-26-19-41(49)35(53-36(46)25-15-17-54-20-25)33-39(5,34(45)32(44)30(23(26)2)38(41,3)4)27(18-28-40(33,48)21-50-28)52-29-14-10-11-16-42(29)6;1-17(19-9-7-6-8-10-19)25(37)31(41)45-21-14-35(43)29(46-30(40)20-11-12-47-15-20)27-33(5,22(36)13-23-34(27,42)16-44-23)28(39)26(38)24(18(21)2)32(35,3)4;1-2(3)4;;;;/h7-17,20,22,26-28,31-33,35,43-44,48-49H,18-19,21H2,1-6H3;6-12,15,17,21-23,25-27,29,36-38,42-43H,13-14,16H2,1-5H3;1H3,(H,3,4);;;;/q+1;;;;;;/p-1/t22-,26?,27?,28?,31?,32?,33?,35?,39+,40-,41?;17-,21?,22?,23?,25?,26?,27?,29?,33+,34-,35?;;;;;/m00...../s1. The molecule has 9 N–H and O–H groups in total. The van der Waals surface area contributed by atoms with Gasteiger partial charge in [0.25, 0.3) is 0 Å². The number of Topliss-reactive ketones (excluding diaryl/α,β-unsaturated/α-hetero) is 2. The molecule has 0 spiro atoms. The summed E-state index contributed by atoms with van der Waals surface area (Å²) in [6.45, 7) is 16.5. The van der Waals surface area contributed by atoms with Crippen LogP contribution in [0.5, 0.6) is 5.88 Å². The molecule has 6 fully saturated rings. The van der Waals surface area contributed by atoms with Crippen LogP contribution in [0.3, 0.4) is 0 Å². The number of aliphatic hydroxyl groups is 9. The van der Waals surface area contributed by atoms with Gasteiger partial charge >= 0.3 is 29.8 Å². The minimum Gasteiger partial charge on any atom is -0.550 e. The number of benzene rings is 2. The summed E-state index contributed by atoms with van der Waals surface area (Å²) in [6.07, 6.45) is -16.0. The fourth-order valence-corrected chi connectivity index (χ4v) is 19.2. The molecule has 0 amide bonds. The third-order valence-corrected chi connectivity index (χ3v) is 25.9. The smallest absolute Gasteiger partial charge is 0.367 e. The zero-order valence-electron chi connectivity index (χ0n) is 62.7. The first-order valence-electron chi connectivity index (χ1n) is 35.0. The summed E-state index contributed by atoms with van der Waals surface area (Å²) >= 11 is 2.52. The van der Waals surface area contributed by atoms with Gasteiger partial charge in [-0.25, -0.2) is 19.2 Å². The van der Waals surface area contributed by atoms with Gasteiger partial charge in [0.1, 0.15) is 72.2 Å². The van der Waals surface area contributed by atoms with Gasteiger partial charge in [0.05, 0.1) is 59.5 Å². The Labute approximate surface area is 783 Å². The minimum absolute atomic E-state index is 0. The van der Waals surface area contributed by atoms with Crippen molar-refractivity contribution in [1.29, 1.82) is 0 Å². The summed E-state index contributed by atoms with van der Waals surface area (Å²) in [5.41, 5.74) is -12.2. The number of fused-ring (bicyclic) bond motifs is 10. The van der Waals surface area contributed by atoms with Gasteiger partial charge in [0.15, 0.2) is 30.0 Å². The van der Waals surface area contributed by atoms with Gasteiger partial charge in [-0.2, -0.15) is 27.2 Å². The summed E-state index contributed by atoms with van der Waals surface area (Å²) in [4.78, 5) is 93.5. The largest absolute Gasteiger partial charge is 0.550 e. The maximum atomic E-state index is 15.2. The predicted molar refractivity (Wildman–Crippen MR) is 373 cm³/mol. The second kappa shape index (κ2) is 36.2. The number of nitrogens with zero attached hydrogens (tertiary/aromatic N) is 1. The second-order valence-electron chi connectivity index (χ2n) is 30.9. The number of ketones is 2. The van der Waals surface area contributed by atoms with E-state index in [0.29, 0.717) is 22.6 Å². The summed E-state index contributed by atoms with van der Waals surface area (Å²) < 4.78 is 44.3. The Balaban J connectivity index is 0.000000281. The molecule has 4 radical (unpaired) electrons. The number of hydrogen-bond donors (Lipinski definition) is 9. The Kier molecular flexibility index (Phi) is 31.4. The molecule has 4 saturated carbocycles. The molecular formula is C78H93Ac4NO24S2. The Morgan fingerprint density at radius 3 is 1.31 bits per heavy atom. The summed E-state index contributed by atoms with van der Waals surface area (Å²) in [6, 6.07) is 26.3. The van der Waals surface area contributed by atoms with Gasteiger partial charge in [-0.3, -0.25) is 9.59 Å². The maximum Gasteiger partial charge on any atom is 0.367 e. The molecule has 31 heteroatoms. The molecule has 16 unspecified atom stereocenters. The van der Waals surface area contributed by atoms with Crippen molar-refractivity contribution in [1.82, 2.24) is 0 Å². The molecule has 5 aromatic rings. The van der Waals surface area contributed by atoms with E-state index in [2.05, 4.69) is 0 Å². The Morgan fingerprint density at radius 1 is 0.569 bits per heavy atom. The number of aryl methyl sites for hydroxylation is 1. The molecule has 8 aliphatic rings. The van der Waals surface area contributed by atoms with Crippen LogP contribution in [-0.4, -0.2) is 196 Å². The number of aromatic nitrogens is 1. The van der Waals surface area contributed by atoms with Crippen molar-refractivity contribution in [2.75, 3.05) is 13.2 Å². The average Bonchev–Trinajstić information content (AvgIpc) is 0.804. The molecule has 6 aliphatic carbocycles. The summed E-state index contributed by atoms with van der Waals surface area (Å²) in [5.74, 6) is -9.95. The zero-order valence-corrected chi connectivity index (χ0v) is 83.4. The number of carboxylic acid groups (broad SMARTS) is 1. The second-order valence-corrected chi connectivity index (χ2v) is 32.4. The molecule has 5 heterocycles. The number of aliphatic carboxylic acids is 1. The molecule has 22 atom stereocenters. The molecule has 2 aromatic carbocycles. The number of ether oxygens (including phenoxy) is 7. The number of rotatable bonds is 14. The first-order chi connectivity index (χ1) is 49.2. The van der Waals surface area contributed by atoms with E-state index in [1.807, 2.05) is 18.2 Å². The van der Waals surface area contributed by atoms with Crippen LogP contribution >= 0.6 is 22.7 Å². The number of esters is 4. The fourth-order valence-electron chi connectivity index (χ4n) is 18.0. The first kappa shape index (κ1) is 94.4. The van der Waals surface area contributed by atoms with Crippen molar-refractivity contribution >= 4 is 64.1 Å². The van der Waals surface area contributed by atoms with Gasteiger partial charge in [-0.05, 0) is 97.0 Å². The van der Waals surface area contributed by atoms with E-state index in [9.17, 15) is 69.9 Å². The Hall–Kier alpha value is -1.71. The molecule has 4 bridgehead atoms. The van der Waals surface area contributed by atoms with E-state index in [1.54, 1.807) is 168 Å². The summed E-state index contributed by atoms with van der Waals surface area (Å²) in [5, 5.41) is 124. The molecular weight excluding hydrogens is 2310 g/mol. The van der Waals surface area contributed by atoms with Crippen LogP contribution in [0.15, 0.2) is 141 Å². The van der Waals surface area contributed by atoms with Crippen molar-refractivity contribution < 1.29 is 299 Å². The van der Waals surface area contributed by atoms with E-state index >= 15 is 4.79 Å². The fraction of sp³-hybridized carbons (Fsp3) is 0.538. The van der Waals surface area contributed by atoms with Crippen LogP contribution in [0.2, 0.25) is 0 Å². The number of carboxylic acids is 1. The molecule has 109 heavy (non-hydrogen) atoms. The topological polar surface area (TPSA) is 393 Å². The van der Waals surface area contributed by atoms with Crippen molar-refractivity contribution in [2.45, 2.75) is 209 Å². The summed E-state index contributed by atoms with van der Waals surface area (Å²) in [7, 11) is 1.77. The first-order valence-corrected chi connectivity index (χ1v) is 36.9. The number of thiophene rings is 2. The number of aliphatic hydroxyl groups excluding tert-OH is 5. The van der Waals surface area contributed by atoms with Gasteiger partial charge in [0, 0.05) is 259 Å². The van der Waals surface area contributed by atoms with Crippen molar-refractivity contribution in [2.24, 2.45) is 40.5 Å². The third kappa shape index (κ3) is 16.7. The monoisotopic (exact) mass is 2400 g/mol. The predicted octanol–water partition coefficient (Wildman–Crippen LogP) is 4.24. The maximum absolute atomic E-state index is 15.2. The molecule has 2 aliphatic heterocycles. The molecule has 13 rings (SSSR count). The number of carbonyl (C=O) groups is 7. The number of hydrogen-bond acceptors (Lipinski definition) is 26. The van der Waals surface area contributed by atoms with Crippen LogP contribution in [0.25, 0.3) is 0 Å². The molecule has 578 valence electrons. The third-order valence-electron chi connectivity index (χ3n) is 24.6. The normalized spacial score (nSPS) is 34.5. The molecule has 25 nitrogen and oxygen atoms in total. The molecule has 3 aromatic heterocycles. The van der Waals surface area contributed by atoms with Crippen LogP contribution in [0.4, 0.5) is 0 Å². The van der Waals surface area contributed by atoms with E-state index in [4.69, 9.17) is 43.1 Å². The Bertz CT molecular complexity index is 4200. The number of pyridine rings is 1. The quantitative estimate of drug-likeness (QED) is 0.0325. The number of carbonyl (C=O) groups excluding carboxylic acids is 7. The Morgan fingerprint density at radius 2 is 0.945 bits per heavy atom. The minimum atomic E-state index is -2.19. The van der Waals surface area contributed by atoms with Crippen molar-refractivity contribution in [3.8, 4) is 5.88 Å². The van der Waals surface area contributed by atoms with Crippen molar-refractivity contribution in [3.63, 3.8) is 0 Å². The SMILES string of the molecule is CC(=O)[O-].CC1=C2C(O)C(=O)[C@]3(C)C(O)CC4OC[C@@]4(O)C3C(OC(=O)c3ccsc3)C(O)(CC1OC(=O)C(O)[C@@H](C)c1ccccc1)C2(C)C.CC1=C2C(O)C(=O)[C@]3(C)C(Oc4cccc[n+]4C)CC4OC[C@@]4(O)C3C(OC(=O)c3ccsc3)C(O)(CC1OC(=O)C(O)[C@@H](C)c1ccccc1)C2(C)C.[Ac].[Ac].[Ac].[Ac]. The molecule has 2 saturated heterocycles. The van der Waals surface area contributed by atoms with Crippen LogP contribution in [-0.2, 0) is 59.4 Å².